The summed E-state index contributed by atoms with van der Waals surface area (Å²) >= 11 is 0. The Kier molecular flexibility index (Phi) is 7.82. The van der Waals surface area contributed by atoms with E-state index in [-0.39, 0.29) is 12.2 Å². The van der Waals surface area contributed by atoms with Crippen LogP contribution < -0.4 is 5.32 Å². The molecule has 1 fully saturated rings. The van der Waals surface area contributed by atoms with Crippen molar-refractivity contribution in [2.75, 3.05) is 32.8 Å². The number of rotatable bonds is 9. The molecule has 4 nitrogen and oxygen atoms in total. The van der Waals surface area contributed by atoms with Crippen molar-refractivity contribution in [2.45, 2.75) is 58.3 Å². The van der Waals surface area contributed by atoms with Crippen LogP contribution in [0.2, 0.25) is 0 Å². The Morgan fingerprint density at radius 3 is 2.78 bits per heavy atom. The van der Waals surface area contributed by atoms with Gasteiger partial charge in [0.05, 0.1) is 18.8 Å². The summed E-state index contributed by atoms with van der Waals surface area (Å²) in [5.41, 5.74) is 0. The van der Waals surface area contributed by atoms with Crippen molar-refractivity contribution in [1.82, 2.24) is 10.2 Å². The van der Waals surface area contributed by atoms with Crippen LogP contribution in [0.4, 0.5) is 0 Å². The minimum absolute atomic E-state index is 0.191. The first-order valence-corrected chi connectivity index (χ1v) is 7.37. The van der Waals surface area contributed by atoms with Gasteiger partial charge in [-0.25, -0.2) is 0 Å². The van der Waals surface area contributed by atoms with Gasteiger partial charge < -0.3 is 15.2 Å². The Bertz CT molecular complexity index is 206. The van der Waals surface area contributed by atoms with E-state index in [4.69, 9.17) is 4.74 Å². The van der Waals surface area contributed by atoms with E-state index in [0.717, 1.165) is 32.6 Å². The van der Waals surface area contributed by atoms with Crippen molar-refractivity contribution < 1.29 is 9.84 Å². The highest BCUT2D eigenvalue weighted by Gasteiger charge is 2.19. The van der Waals surface area contributed by atoms with Crippen molar-refractivity contribution >= 4 is 0 Å². The van der Waals surface area contributed by atoms with E-state index in [2.05, 4.69) is 17.1 Å². The van der Waals surface area contributed by atoms with Gasteiger partial charge in [0.1, 0.15) is 0 Å². The van der Waals surface area contributed by atoms with Gasteiger partial charge in [0.2, 0.25) is 0 Å². The summed E-state index contributed by atoms with van der Waals surface area (Å²) in [4.78, 5) is 2.36. The molecule has 0 aliphatic carbocycles. The van der Waals surface area contributed by atoms with Crippen LogP contribution >= 0.6 is 0 Å². The molecule has 0 aromatic heterocycles. The maximum absolute atomic E-state index is 9.98. The van der Waals surface area contributed by atoms with Gasteiger partial charge in [-0.05, 0) is 46.2 Å². The summed E-state index contributed by atoms with van der Waals surface area (Å²) in [5.74, 6) is 0. The third-order valence-electron chi connectivity index (χ3n) is 3.27. The lowest BCUT2D eigenvalue weighted by molar-refractivity contribution is -0.00926. The summed E-state index contributed by atoms with van der Waals surface area (Å²) in [6.45, 7) is 10.6. The average Bonchev–Trinajstić information content (AvgIpc) is 2.79. The quantitative estimate of drug-likeness (QED) is 0.653. The lowest BCUT2D eigenvalue weighted by Gasteiger charge is -2.27. The van der Waals surface area contributed by atoms with E-state index < -0.39 is 0 Å². The van der Waals surface area contributed by atoms with Gasteiger partial charge in [0.15, 0.2) is 0 Å². The second-order valence-corrected chi connectivity index (χ2v) is 5.59. The van der Waals surface area contributed by atoms with Crippen LogP contribution in [-0.4, -0.2) is 61.0 Å². The van der Waals surface area contributed by atoms with Crippen LogP contribution in [0.25, 0.3) is 0 Å². The maximum atomic E-state index is 9.98. The Morgan fingerprint density at radius 2 is 2.22 bits per heavy atom. The Hall–Kier alpha value is -0.160. The average molecular weight is 258 g/mol. The van der Waals surface area contributed by atoms with Crippen LogP contribution in [0.3, 0.4) is 0 Å². The second-order valence-electron chi connectivity index (χ2n) is 5.59. The van der Waals surface area contributed by atoms with Gasteiger partial charge in [-0.1, -0.05) is 6.92 Å². The molecule has 1 rings (SSSR count). The molecule has 1 aliphatic rings. The fourth-order valence-corrected chi connectivity index (χ4v) is 2.45. The first-order valence-electron chi connectivity index (χ1n) is 7.37. The third-order valence-corrected chi connectivity index (χ3v) is 3.27. The van der Waals surface area contributed by atoms with Gasteiger partial charge in [-0.15, -0.1) is 0 Å². The smallest absolute Gasteiger partial charge is 0.0900 e. The summed E-state index contributed by atoms with van der Waals surface area (Å²) in [7, 11) is 0. The zero-order valence-electron chi connectivity index (χ0n) is 12.2. The molecule has 2 atom stereocenters. The van der Waals surface area contributed by atoms with Crippen molar-refractivity contribution in [3.8, 4) is 0 Å². The van der Waals surface area contributed by atoms with Crippen molar-refractivity contribution in [1.29, 1.82) is 0 Å². The van der Waals surface area contributed by atoms with E-state index in [1.807, 2.05) is 13.8 Å². The second kappa shape index (κ2) is 8.86. The molecule has 1 heterocycles. The fourth-order valence-electron chi connectivity index (χ4n) is 2.45. The number of hydrogen-bond donors (Lipinski definition) is 2. The molecule has 108 valence electrons. The standard InChI is InChI=1S/C14H30N2O2/c1-4-8-16(9-13-6-5-7-15-13)10-14(17)11-18-12(2)3/h12-15,17H,4-11H2,1-3H3. The Balaban J connectivity index is 2.26. The Morgan fingerprint density at radius 1 is 1.44 bits per heavy atom. The van der Waals surface area contributed by atoms with Gasteiger partial charge in [-0.2, -0.15) is 0 Å². The van der Waals surface area contributed by atoms with E-state index >= 15 is 0 Å². The molecular formula is C14H30N2O2. The molecule has 18 heavy (non-hydrogen) atoms. The molecule has 4 heteroatoms. The number of ether oxygens (including phenoxy) is 1. The van der Waals surface area contributed by atoms with Crippen LogP contribution in [0.1, 0.15) is 40.0 Å². The highest BCUT2D eigenvalue weighted by atomic mass is 16.5. The largest absolute Gasteiger partial charge is 0.389 e. The molecule has 1 saturated heterocycles. The summed E-state index contributed by atoms with van der Waals surface area (Å²) in [6.07, 6.45) is 3.49. The monoisotopic (exact) mass is 258 g/mol. The molecule has 0 radical (unpaired) electrons. The molecule has 0 spiro atoms. The number of hydrogen-bond acceptors (Lipinski definition) is 4. The molecule has 0 aromatic carbocycles. The predicted octanol–water partition coefficient (Wildman–Crippen LogP) is 1.24. The Labute approximate surface area is 112 Å². The third kappa shape index (κ3) is 6.69. The zero-order chi connectivity index (χ0) is 13.4. The summed E-state index contributed by atoms with van der Waals surface area (Å²) in [6, 6.07) is 0.606. The molecule has 0 bridgehead atoms. The molecule has 0 amide bonds. The lowest BCUT2D eigenvalue weighted by Crippen LogP contribution is -2.42. The molecule has 0 saturated carbocycles. The summed E-state index contributed by atoms with van der Waals surface area (Å²) in [5, 5.41) is 13.5. The van der Waals surface area contributed by atoms with Crippen LogP contribution in [0.15, 0.2) is 0 Å². The van der Waals surface area contributed by atoms with Gasteiger partial charge in [-0.3, -0.25) is 4.90 Å². The SMILES string of the molecule is CCCN(CC(O)COC(C)C)CC1CCCN1. The lowest BCUT2D eigenvalue weighted by atomic mass is 10.2. The molecule has 0 aromatic rings. The normalized spacial score (nSPS) is 22.0. The highest BCUT2D eigenvalue weighted by molar-refractivity contribution is 4.78. The van der Waals surface area contributed by atoms with Gasteiger partial charge >= 0.3 is 0 Å². The number of nitrogens with one attached hydrogen (secondary N) is 1. The predicted molar refractivity (Wildman–Crippen MR) is 74.9 cm³/mol. The summed E-state index contributed by atoms with van der Waals surface area (Å²) < 4.78 is 5.46. The minimum atomic E-state index is -0.375. The van der Waals surface area contributed by atoms with Gasteiger partial charge in [0, 0.05) is 19.1 Å². The topological polar surface area (TPSA) is 44.7 Å². The first-order chi connectivity index (χ1) is 8.61. The van der Waals surface area contributed by atoms with E-state index in [1.165, 1.54) is 12.8 Å². The van der Waals surface area contributed by atoms with Crippen LogP contribution in [0, 0.1) is 0 Å². The van der Waals surface area contributed by atoms with Crippen LogP contribution in [0.5, 0.6) is 0 Å². The maximum Gasteiger partial charge on any atom is 0.0900 e. The van der Waals surface area contributed by atoms with Crippen molar-refractivity contribution in [3.05, 3.63) is 0 Å². The molecule has 2 N–H and O–H groups in total. The van der Waals surface area contributed by atoms with E-state index in [9.17, 15) is 5.11 Å². The number of aliphatic hydroxyl groups is 1. The molecule has 1 aliphatic heterocycles. The van der Waals surface area contributed by atoms with Crippen molar-refractivity contribution in [3.63, 3.8) is 0 Å². The molecule has 2 unspecified atom stereocenters. The highest BCUT2D eigenvalue weighted by Crippen LogP contribution is 2.08. The minimum Gasteiger partial charge on any atom is -0.389 e. The molecular weight excluding hydrogens is 228 g/mol. The number of aliphatic hydroxyl groups excluding tert-OH is 1. The van der Waals surface area contributed by atoms with E-state index in [0.29, 0.717) is 12.6 Å². The van der Waals surface area contributed by atoms with Crippen LogP contribution in [-0.2, 0) is 4.74 Å². The van der Waals surface area contributed by atoms with Crippen molar-refractivity contribution in [2.24, 2.45) is 0 Å². The van der Waals surface area contributed by atoms with E-state index in [1.54, 1.807) is 0 Å². The first kappa shape index (κ1) is 15.9. The fraction of sp³-hybridized carbons (Fsp3) is 1.00. The number of nitrogens with zero attached hydrogens (tertiary/aromatic N) is 1. The van der Waals surface area contributed by atoms with Gasteiger partial charge in [0.25, 0.3) is 0 Å². The zero-order valence-corrected chi connectivity index (χ0v) is 12.2.